The summed E-state index contributed by atoms with van der Waals surface area (Å²) in [5.74, 6) is 0.689. The van der Waals surface area contributed by atoms with Crippen molar-refractivity contribution in [2.24, 2.45) is 11.7 Å². The quantitative estimate of drug-likeness (QED) is 0.915. The molecule has 1 saturated heterocycles. The Bertz CT molecular complexity index is 484. The van der Waals surface area contributed by atoms with Gasteiger partial charge in [0.2, 0.25) is 0 Å². The van der Waals surface area contributed by atoms with Crippen LogP contribution >= 0.6 is 0 Å². The Labute approximate surface area is 127 Å². The first-order valence-electron chi connectivity index (χ1n) is 8.46. The maximum atomic E-state index is 14.6. The Kier molecular flexibility index (Phi) is 4.48. The molecule has 2 aliphatic rings. The van der Waals surface area contributed by atoms with Crippen molar-refractivity contribution in [3.63, 3.8) is 0 Å². The van der Waals surface area contributed by atoms with E-state index >= 15 is 0 Å². The summed E-state index contributed by atoms with van der Waals surface area (Å²) in [5.41, 5.74) is 7.88. The van der Waals surface area contributed by atoms with Crippen LogP contribution < -0.4 is 10.6 Å². The molecule has 2 nitrogen and oxygen atoms in total. The predicted molar refractivity (Wildman–Crippen MR) is 86.1 cm³/mol. The van der Waals surface area contributed by atoms with Crippen molar-refractivity contribution in [3.05, 3.63) is 29.6 Å². The maximum absolute atomic E-state index is 14.6. The molecular formula is C18H27FN2. The molecule has 1 heterocycles. The third kappa shape index (κ3) is 3.08. The van der Waals surface area contributed by atoms with Crippen LogP contribution in [-0.4, -0.2) is 18.6 Å². The number of anilines is 1. The molecule has 21 heavy (non-hydrogen) atoms. The van der Waals surface area contributed by atoms with Gasteiger partial charge in [-0.1, -0.05) is 25.0 Å². The van der Waals surface area contributed by atoms with Crippen molar-refractivity contribution in [2.75, 3.05) is 11.4 Å². The molecule has 2 N–H and O–H groups in total. The van der Waals surface area contributed by atoms with Crippen molar-refractivity contribution in [1.82, 2.24) is 0 Å². The van der Waals surface area contributed by atoms with Crippen molar-refractivity contribution in [2.45, 2.75) is 64.0 Å². The number of nitrogens with two attached hydrogens (primary N) is 1. The molecular weight excluding hydrogens is 263 g/mol. The highest BCUT2D eigenvalue weighted by Crippen LogP contribution is 2.39. The number of hydrogen-bond donors (Lipinski definition) is 1. The molecule has 2 fully saturated rings. The van der Waals surface area contributed by atoms with Crippen LogP contribution in [0.3, 0.4) is 0 Å². The third-order valence-corrected chi connectivity index (χ3v) is 5.14. The SMILES string of the molecule is CC(N)Cc1cccc(F)c1N1CCCC2CCCCC21. The van der Waals surface area contributed by atoms with E-state index in [9.17, 15) is 4.39 Å². The number of para-hydroxylation sites is 1. The number of hydrogen-bond acceptors (Lipinski definition) is 2. The third-order valence-electron chi connectivity index (χ3n) is 5.14. The van der Waals surface area contributed by atoms with Gasteiger partial charge >= 0.3 is 0 Å². The van der Waals surface area contributed by atoms with Gasteiger partial charge in [0.1, 0.15) is 5.82 Å². The standard InChI is InChI=1S/C18H27FN2/c1-13(20)12-15-7-4-9-16(19)18(15)21-11-5-8-14-6-2-3-10-17(14)21/h4,7,9,13-14,17H,2-3,5-6,8,10-12,20H2,1H3. The molecule has 0 amide bonds. The van der Waals surface area contributed by atoms with E-state index in [1.54, 1.807) is 6.07 Å². The Morgan fingerprint density at radius 1 is 1.24 bits per heavy atom. The van der Waals surface area contributed by atoms with Gasteiger partial charge in [-0.2, -0.15) is 0 Å². The molecule has 3 rings (SSSR count). The molecule has 1 saturated carbocycles. The minimum absolute atomic E-state index is 0.0671. The normalized spacial score (nSPS) is 27.3. The van der Waals surface area contributed by atoms with Crippen LogP contribution in [0.2, 0.25) is 0 Å². The molecule has 1 aromatic carbocycles. The highest BCUT2D eigenvalue weighted by atomic mass is 19.1. The van der Waals surface area contributed by atoms with Crippen LogP contribution in [-0.2, 0) is 6.42 Å². The molecule has 0 aromatic heterocycles. The van der Waals surface area contributed by atoms with Crippen LogP contribution in [0.15, 0.2) is 18.2 Å². The molecule has 0 bridgehead atoms. The van der Waals surface area contributed by atoms with Gasteiger partial charge in [0.15, 0.2) is 0 Å². The average molecular weight is 290 g/mol. The summed E-state index contributed by atoms with van der Waals surface area (Å²) in [6.45, 7) is 2.99. The largest absolute Gasteiger partial charge is 0.366 e. The minimum Gasteiger partial charge on any atom is -0.366 e. The van der Waals surface area contributed by atoms with Crippen LogP contribution in [0, 0.1) is 11.7 Å². The maximum Gasteiger partial charge on any atom is 0.146 e. The zero-order valence-electron chi connectivity index (χ0n) is 13.0. The predicted octanol–water partition coefficient (Wildman–Crippen LogP) is 3.87. The summed E-state index contributed by atoms with van der Waals surface area (Å²) < 4.78 is 14.6. The highest BCUT2D eigenvalue weighted by molar-refractivity contribution is 5.56. The van der Waals surface area contributed by atoms with E-state index in [0.29, 0.717) is 6.04 Å². The van der Waals surface area contributed by atoms with Crippen molar-refractivity contribution in [3.8, 4) is 0 Å². The Morgan fingerprint density at radius 2 is 2.00 bits per heavy atom. The monoisotopic (exact) mass is 290 g/mol. The highest BCUT2D eigenvalue weighted by Gasteiger charge is 2.35. The van der Waals surface area contributed by atoms with Crippen molar-refractivity contribution < 1.29 is 4.39 Å². The first-order valence-corrected chi connectivity index (χ1v) is 8.46. The lowest BCUT2D eigenvalue weighted by molar-refractivity contribution is 0.242. The molecule has 3 unspecified atom stereocenters. The Hall–Kier alpha value is -1.09. The van der Waals surface area contributed by atoms with Crippen LogP contribution in [0.1, 0.15) is 51.0 Å². The number of rotatable bonds is 3. The summed E-state index contributed by atoms with van der Waals surface area (Å²) >= 11 is 0. The molecule has 1 aliphatic carbocycles. The molecule has 0 radical (unpaired) electrons. The van der Waals surface area contributed by atoms with E-state index < -0.39 is 0 Å². The number of halogens is 1. The van der Waals surface area contributed by atoms with E-state index in [-0.39, 0.29) is 11.9 Å². The lowest BCUT2D eigenvalue weighted by Gasteiger charge is -2.46. The average Bonchev–Trinajstić information content (AvgIpc) is 2.47. The Balaban J connectivity index is 1.94. The second kappa shape index (κ2) is 6.35. The fourth-order valence-electron chi connectivity index (χ4n) is 4.30. The van der Waals surface area contributed by atoms with Crippen molar-refractivity contribution in [1.29, 1.82) is 0 Å². The topological polar surface area (TPSA) is 29.3 Å². The fraction of sp³-hybridized carbons (Fsp3) is 0.667. The van der Waals surface area contributed by atoms with E-state index in [1.807, 2.05) is 19.1 Å². The van der Waals surface area contributed by atoms with Gasteiger partial charge in [0.05, 0.1) is 5.69 Å². The first-order chi connectivity index (χ1) is 10.2. The number of nitrogens with zero attached hydrogens (tertiary/aromatic N) is 1. The summed E-state index contributed by atoms with van der Waals surface area (Å²) in [4.78, 5) is 2.38. The number of piperidine rings is 1. The van der Waals surface area contributed by atoms with Gasteiger partial charge in [-0.25, -0.2) is 4.39 Å². The lowest BCUT2D eigenvalue weighted by atomic mass is 9.78. The summed E-state index contributed by atoms with van der Waals surface area (Å²) in [5, 5.41) is 0. The van der Waals surface area contributed by atoms with Crippen LogP contribution in [0.5, 0.6) is 0 Å². The summed E-state index contributed by atoms with van der Waals surface area (Å²) in [6.07, 6.45) is 8.43. The molecule has 1 aliphatic heterocycles. The summed E-state index contributed by atoms with van der Waals surface area (Å²) in [6, 6.07) is 6.08. The van der Waals surface area contributed by atoms with E-state index in [0.717, 1.165) is 30.1 Å². The van der Waals surface area contributed by atoms with Gasteiger partial charge in [-0.05, 0) is 56.6 Å². The molecule has 116 valence electrons. The van der Waals surface area contributed by atoms with Gasteiger partial charge in [-0.15, -0.1) is 0 Å². The van der Waals surface area contributed by atoms with Crippen LogP contribution in [0.4, 0.5) is 10.1 Å². The fourth-order valence-corrected chi connectivity index (χ4v) is 4.30. The zero-order chi connectivity index (χ0) is 14.8. The van der Waals surface area contributed by atoms with Gasteiger partial charge in [0, 0.05) is 18.6 Å². The molecule has 3 heteroatoms. The minimum atomic E-state index is -0.0700. The molecule has 1 aromatic rings. The van der Waals surface area contributed by atoms with E-state index in [4.69, 9.17) is 5.73 Å². The van der Waals surface area contributed by atoms with Gasteiger partial charge in [0.25, 0.3) is 0 Å². The number of benzene rings is 1. The van der Waals surface area contributed by atoms with E-state index in [1.165, 1.54) is 38.5 Å². The number of fused-ring (bicyclic) bond motifs is 1. The zero-order valence-corrected chi connectivity index (χ0v) is 13.0. The molecule has 0 spiro atoms. The lowest BCUT2D eigenvalue weighted by Crippen LogP contribution is -2.47. The van der Waals surface area contributed by atoms with Gasteiger partial charge < -0.3 is 10.6 Å². The first kappa shape index (κ1) is 14.8. The second-order valence-corrected chi connectivity index (χ2v) is 6.88. The van der Waals surface area contributed by atoms with Crippen molar-refractivity contribution >= 4 is 5.69 Å². The van der Waals surface area contributed by atoms with Crippen LogP contribution in [0.25, 0.3) is 0 Å². The Morgan fingerprint density at radius 3 is 2.81 bits per heavy atom. The van der Waals surface area contributed by atoms with Gasteiger partial charge in [-0.3, -0.25) is 0 Å². The molecule has 3 atom stereocenters. The van der Waals surface area contributed by atoms with E-state index in [2.05, 4.69) is 4.90 Å². The second-order valence-electron chi connectivity index (χ2n) is 6.88. The smallest absolute Gasteiger partial charge is 0.146 e. The summed E-state index contributed by atoms with van der Waals surface area (Å²) in [7, 11) is 0.